The fraction of sp³-hybridized carbons (Fsp3) is 0.625. The third kappa shape index (κ3) is 3.10. The summed E-state index contributed by atoms with van der Waals surface area (Å²) in [6.07, 6.45) is 5.46. The van der Waals surface area contributed by atoms with Gasteiger partial charge in [0.25, 0.3) is 0 Å². The first-order valence-electron chi connectivity index (χ1n) is 7.00. The van der Waals surface area contributed by atoms with Crippen LogP contribution in [0.25, 0.3) is 0 Å². The molecular weight excluding hydrogens is 206 g/mol. The second-order valence-corrected chi connectivity index (χ2v) is 5.48. The van der Waals surface area contributed by atoms with Crippen LogP contribution in [0.3, 0.4) is 0 Å². The zero-order valence-corrected chi connectivity index (χ0v) is 11.4. The van der Waals surface area contributed by atoms with Gasteiger partial charge in [-0.05, 0) is 62.3 Å². The predicted molar refractivity (Wildman–Crippen MR) is 74.4 cm³/mol. The molecule has 2 rings (SSSR count). The van der Waals surface area contributed by atoms with Crippen molar-refractivity contribution in [2.24, 2.45) is 5.92 Å². The molecule has 1 aromatic carbocycles. The van der Waals surface area contributed by atoms with Gasteiger partial charge in [-0.25, -0.2) is 0 Å². The van der Waals surface area contributed by atoms with E-state index < -0.39 is 0 Å². The van der Waals surface area contributed by atoms with E-state index in [0.29, 0.717) is 6.04 Å². The van der Waals surface area contributed by atoms with Gasteiger partial charge in [0.15, 0.2) is 0 Å². The molecule has 0 aromatic heterocycles. The van der Waals surface area contributed by atoms with Crippen molar-refractivity contribution in [1.29, 1.82) is 0 Å². The van der Waals surface area contributed by atoms with E-state index in [9.17, 15) is 0 Å². The minimum absolute atomic E-state index is 0.691. The molecule has 1 saturated carbocycles. The number of rotatable bonds is 5. The fourth-order valence-corrected chi connectivity index (χ4v) is 2.69. The highest BCUT2D eigenvalue weighted by atomic mass is 14.9. The van der Waals surface area contributed by atoms with Crippen molar-refractivity contribution >= 4 is 0 Å². The average molecular weight is 231 g/mol. The SMILES string of the molecule is CCNC(Cc1ccc(C)c(C)c1)C1CCC1. The molecule has 1 fully saturated rings. The van der Waals surface area contributed by atoms with E-state index in [4.69, 9.17) is 0 Å². The molecular formula is C16H25N. The van der Waals surface area contributed by atoms with Gasteiger partial charge in [0.1, 0.15) is 0 Å². The van der Waals surface area contributed by atoms with Crippen LogP contribution in [0, 0.1) is 19.8 Å². The Morgan fingerprint density at radius 1 is 1.24 bits per heavy atom. The first kappa shape index (κ1) is 12.6. The maximum atomic E-state index is 3.67. The van der Waals surface area contributed by atoms with Crippen LogP contribution < -0.4 is 5.32 Å². The Morgan fingerprint density at radius 2 is 2.00 bits per heavy atom. The summed E-state index contributed by atoms with van der Waals surface area (Å²) in [5.74, 6) is 0.913. The summed E-state index contributed by atoms with van der Waals surface area (Å²) in [5, 5.41) is 3.67. The number of likely N-dealkylation sites (N-methyl/N-ethyl adjacent to an activating group) is 1. The summed E-state index contributed by atoms with van der Waals surface area (Å²) >= 11 is 0. The highest BCUT2D eigenvalue weighted by molar-refractivity contribution is 5.30. The Morgan fingerprint density at radius 3 is 2.53 bits per heavy atom. The van der Waals surface area contributed by atoms with Crippen LogP contribution >= 0.6 is 0 Å². The predicted octanol–water partition coefficient (Wildman–Crippen LogP) is 3.62. The molecule has 94 valence electrons. The van der Waals surface area contributed by atoms with Crippen molar-refractivity contribution < 1.29 is 0 Å². The monoisotopic (exact) mass is 231 g/mol. The van der Waals surface area contributed by atoms with Crippen LogP contribution in [0.5, 0.6) is 0 Å². The van der Waals surface area contributed by atoms with E-state index in [1.54, 1.807) is 0 Å². The van der Waals surface area contributed by atoms with Crippen molar-refractivity contribution in [1.82, 2.24) is 5.32 Å². The Bertz CT molecular complexity index is 366. The lowest BCUT2D eigenvalue weighted by atomic mass is 9.77. The van der Waals surface area contributed by atoms with Crippen molar-refractivity contribution in [2.45, 2.75) is 52.5 Å². The molecule has 1 aromatic rings. The van der Waals surface area contributed by atoms with E-state index in [0.717, 1.165) is 12.5 Å². The largest absolute Gasteiger partial charge is 0.314 e. The van der Waals surface area contributed by atoms with Gasteiger partial charge < -0.3 is 5.32 Å². The number of hydrogen-bond acceptors (Lipinski definition) is 1. The van der Waals surface area contributed by atoms with Crippen LogP contribution in [-0.4, -0.2) is 12.6 Å². The molecule has 1 unspecified atom stereocenters. The number of aryl methyl sites for hydroxylation is 2. The molecule has 1 nitrogen and oxygen atoms in total. The van der Waals surface area contributed by atoms with Gasteiger partial charge in [-0.15, -0.1) is 0 Å². The van der Waals surface area contributed by atoms with Crippen LogP contribution in [-0.2, 0) is 6.42 Å². The molecule has 1 aliphatic carbocycles. The lowest BCUT2D eigenvalue weighted by molar-refractivity contribution is 0.229. The maximum Gasteiger partial charge on any atom is 0.0136 e. The Kier molecular flexibility index (Phi) is 4.22. The zero-order chi connectivity index (χ0) is 12.3. The van der Waals surface area contributed by atoms with Crippen molar-refractivity contribution in [3.8, 4) is 0 Å². The minimum Gasteiger partial charge on any atom is -0.314 e. The van der Waals surface area contributed by atoms with Crippen LogP contribution in [0.2, 0.25) is 0 Å². The van der Waals surface area contributed by atoms with Crippen LogP contribution in [0.4, 0.5) is 0 Å². The highest BCUT2D eigenvalue weighted by Crippen LogP contribution is 2.31. The molecule has 0 aliphatic heterocycles. The van der Waals surface area contributed by atoms with Crippen molar-refractivity contribution in [3.63, 3.8) is 0 Å². The normalized spacial score (nSPS) is 17.8. The zero-order valence-electron chi connectivity index (χ0n) is 11.4. The molecule has 0 bridgehead atoms. The van der Waals surface area contributed by atoms with E-state index in [2.05, 4.69) is 44.3 Å². The summed E-state index contributed by atoms with van der Waals surface area (Å²) in [4.78, 5) is 0. The van der Waals surface area contributed by atoms with Crippen molar-refractivity contribution in [2.75, 3.05) is 6.54 Å². The first-order chi connectivity index (χ1) is 8.20. The van der Waals surface area contributed by atoms with Crippen LogP contribution in [0.1, 0.15) is 42.9 Å². The lowest BCUT2D eigenvalue weighted by Gasteiger charge is -2.34. The molecule has 0 spiro atoms. The number of hydrogen-bond donors (Lipinski definition) is 1. The smallest absolute Gasteiger partial charge is 0.0136 e. The van der Waals surface area contributed by atoms with Gasteiger partial charge >= 0.3 is 0 Å². The number of benzene rings is 1. The Hall–Kier alpha value is -0.820. The standard InChI is InChI=1S/C16H25N/c1-4-17-16(15-6-5-7-15)11-14-9-8-12(2)13(3)10-14/h8-10,15-17H,4-7,11H2,1-3H3. The summed E-state index contributed by atoms with van der Waals surface area (Å²) in [7, 11) is 0. The molecule has 1 N–H and O–H groups in total. The van der Waals surface area contributed by atoms with E-state index in [1.165, 1.54) is 42.4 Å². The average Bonchev–Trinajstić information content (AvgIpc) is 2.21. The van der Waals surface area contributed by atoms with Gasteiger partial charge in [-0.1, -0.05) is 31.5 Å². The first-order valence-corrected chi connectivity index (χ1v) is 7.00. The molecule has 1 aliphatic rings. The van der Waals surface area contributed by atoms with E-state index in [-0.39, 0.29) is 0 Å². The van der Waals surface area contributed by atoms with Gasteiger partial charge in [0.05, 0.1) is 0 Å². The highest BCUT2D eigenvalue weighted by Gasteiger charge is 2.26. The summed E-state index contributed by atoms with van der Waals surface area (Å²) < 4.78 is 0. The second-order valence-electron chi connectivity index (χ2n) is 5.48. The van der Waals surface area contributed by atoms with Gasteiger partial charge in [0, 0.05) is 6.04 Å². The Balaban J connectivity index is 2.02. The maximum absolute atomic E-state index is 3.67. The fourth-order valence-electron chi connectivity index (χ4n) is 2.69. The van der Waals surface area contributed by atoms with Gasteiger partial charge in [0.2, 0.25) is 0 Å². The molecule has 1 heteroatoms. The lowest BCUT2D eigenvalue weighted by Crippen LogP contribution is -2.41. The van der Waals surface area contributed by atoms with Crippen LogP contribution in [0.15, 0.2) is 18.2 Å². The molecule has 1 atom stereocenters. The summed E-state index contributed by atoms with van der Waals surface area (Å²) in [6, 6.07) is 7.61. The molecule has 0 radical (unpaired) electrons. The topological polar surface area (TPSA) is 12.0 Å². The van der Waals surface area contributed by atoms with Gasteiger partial charge in [-0.2, -0.15) is 0 Å². The van der Waals surface area contributed by atoms with E-state index >= 15 is 0 Å². The molecule has 17 heavy (non-hydrogen) atoms. The third-order valence-corrected chi connectivity index (χ3v) is 4.21. The van der Waals surface area contributed by atoms with E-state index in [1.807, 2.05) is 0 Å². The molecule has 0 saturated heterocycles. The quantitative estimate of drug-likeness (QED) is 0.816. The molecule has 0 heterocycles. The second kappa shape index (κ2) is 5.68. The summed E-state index contributed by atoms with van der Waals surface area (Å²) in [5.41, 5.74) is 4.31. The summed E-state index contributed by atoms with van der Waals surface area (Å²) in [6.45, 7) is 7.70. The van der Waals surface area contributed by atoms with Crippen molar-refractivity contribution in [3.05, 3.63) is 34.9 Å². The minimum atomic E-state index is 0.691. The Labute approximate surface area is 106 Å². The molecule has 0 amide bonds. The number of nitrogens with one attached hydrogen (secondary N) is 1. The third-order valence-electron chi connectivity index (χ3n) is 4.21. The van der Waals surface area contributed by atoms with Gasteiger partial charge in [-0.3, -0.25) is 0 Å².